The smallest absolute Gasteiger partial charge is 0.225 e. The first-order chi connectivity index (χ1) is 12.3. The van der Waals surface area contributed by atoms with E-state index in [1.54, 1.807) is 0 Å². The second-order valence-electron chi connectivity index (χ2n) is 6.48. The number of hydrogen-bond acceptors (Lipinski definition) is 5. The summed E-state index contributed by atoms with van der Waals surface area (Å²) in [7, 11) is 0. The highest BCUT2D eigenvalue weighted by Crippen LogP contribution is 2.18. The molecule has 0 amide bonds. The Kier molecular flexibility index (Phi) is 6.06. The number of fused-ring (bicyclic) bond motifs is 1. The van der Waals surface area contributed by atoms with E-state index in [9.17, 15) is 0 Å². The van der Waals surface area contributed by atoms with Crippen molar-refractivity contribution in [3.05, 3.63) is 48.5 Å². The van der Waals surface area contributed by atoms with Gasteiger partial charge >= 0.3 is 0 Å². The number of anilines is 1. The third-order valence-corrected chi connectivity index (χ3v) is 4.86. The molecule has 0 saturated carbocycles. The zero-order valence-electron chi connectivity index (χ0n) is 15.0. The zero-order valence-corrected chi connectivity index (χ0v) is 15.8. The summed E-state index contributed by atoms with van der Waals surface area (Å²) in [5.74, 6) is 1.94. The molecule has 4 rings (SSSR count). The van der Waals surface area contributed by atoms with Gasteiger partial charge in [0.15, 0.2) is 0 Å². The minimum absolute atomic E-state index is 0. The predicted molar refractivity (Wildman–Crippen MR) is 107 cm³/mol. The van der Waals surface area contributed by atoms with Crippen molar-refractivity contribution in [2.75, 3.05) is 18.0 Å². The first kappa shape index (κ1) is 18.6. The van der Waals surface area contributed by atoms with E-state index in [0.29, 0.717) is 6.04 Å². The van der Waals surface area contributed by atoms with Crippen LogP contribution in [0.1, 0.15) is 25.6 Å². The van der Waals surface area contributed by atoms with Crippen molar-refractivity contribution in [1.29, 1.82) is 0 Å². The molecule has 1 N–H and O–H groups in total. The molecule has 1 saturated heterocycles. The predicted octanol–water partition coefficient (Wildman–Crippen LogP) is 3.03. The highest BCUT2D eigenvalue weighted by molar-refractivity contribution is 5.85. The van der Waals surface area contributed by atoms with Crippen molar-refractivity contribution in [2.45, 2.75) is 38.9 Å². The van der Waals surface area contributed by atoms with Gasteiger partial charge in [-0.15, -0.1) is 12.4 Å². The molecule has 0 aliphatic carbocycles. The number of aryl methyl sites for hydroxylation is 1. The Morgan fingerprint density at radius 3 is 2.77 bits per heavy atom. The van der Waals surface area contributed by atoms with Crippen molar-refractivity contribution in [1.82, 2.24) is 24.8 Å². The molecule has 1 aromatic carbocycles. The Morgan fingerprint density at radius 1 is 1.15 bits per heavy atom. The van der Waals surface area contributed by atoms with E-state index < -0.39 is 0 Å². The normalized spacial score (nSPS) is 17.3. The number of nitrogens with one attached hydrogen (secondary N) is 1. The molecule has 0 bridgehead atoms. The van der Waals surface area contributed by atoms with E-state index in [1.807, 2.05) is 24.5 Å². The molecular formula is C19H25ClN6. The SMILES string of the molecule is CCn1c(CNC2CCCN(c3ncccn3)C2)nc2ccccc21.Cl. The Balaban J connectivity index is 0.00000196. The Bertz CT molecular complexity index is 834. The molecule has 1 atom stereocenters. The van der Waals surface area contributed by atoms with Crippen LogP contribution in [0.2, 0.25) is 0 Å². The summed E-state index contributed by atoms with van der Waals surface area (Å²) in [6.07, 6.45) is 5.95. The zero-order chi connectivity index (χ0) is 17.1. The van der Waals surface area contributed by atoms with Gasteiger partial charge in [0.05, 0.1) is 17.6 Å². The molecule has 138 valence electrons. The van der Waals surface area contributed by atoms with E-state index in [4.69, 9.17) is 4.98 Å². The Labute approximate surface area is 160 Å². The summed E-state index contributed by atoms with van der Waals surface area (Å²) in [5, 5.41) is 3.69. The molecule has 0 radical (unpaired) electrons. The van der Waals surface area contributed by atoms with Gasteiger partial charge in [0.1, 0.15) is 5.82 Å². The number of rotatable bonds is 5. The van der Waals surface area contributed by atoms with Crippen LogP contribution >= 0.6 is 12.4 Å². The highest BCUT2D eigenvalue weighted by atomic mass is 35.5. The molecule has 3 aromatic rings. The first-order valence-corrected chi connectivity index (χ1v) is 9.04. The van der Waals surface area contributed by atoms with Gasteiger partial charge in [0.25, 0.3) is 0 Å². The summed E-state index contributed by atoms with van der Waals surface area (Å²) in [6, 6.07) is 10.6. The lowest BCUT2D eigenvalue weighted by atomic mass is 10.1. The van der Waals surface area contributed by atoms with Crippen LogP contribution in [-0.2, 0) is 13.1 Å². The summed E-state index contributed by atoms with van der Waals surface area (Å²) in [6.45, 7) is 5.86. The average molecular weight is 373 g/mol. The maximum absolute atomic E-state index is 4.81. The van der Waals surface area contributed by atoms with Gasteiger partial charge in [-0.05, 0) is 38.0 Å². The van der Waals surface area contributed by atoms with Gasteiger partial charge < -0.3 is 14.8 Å². The highest BCUT2D eigenvalue weighted by Gasteiger charge is 2.21. The van der Waals surface area contributed by atoms with Crippen LogP contribution in [0.15, 0.2) is 42.7 Å². The summed E-state index contributed by atoms with van der Waals surface area (Å²) in [5.41, 5.74) is 2.29. The number of para-hydroxylation sites is 2. The van der Waals surface area contributed by atoms with Crippen LogP contribution in [-0.4, -0.2) is 38.7 Å². The van der Waals surface area contributed by atoms with Crippen LogP contribution in [0.5, 0.6) is 0 Å². The van der Waals surface area contributed by atoms with Crippen LogP contribution in [0, 0.1) is 0 Å². The number of imidazole rings is 1. The molecule has 7 heteroatoms. The quantitative estimate of drug-likeness (QED) is 0.746. The number of halogens is 1. The molecule has 1 fully saturated rings. The van der Waals surface area contributed by atoms with Crippen molar-refractivity contribution in [3.63, 3.8) is 0 Å². The lowest BCUT2D eigenvalue weighted by molar-refractivity contribution is 0.411. The molecule has 6 nitrogen and oxygen atoms in total. The Hall–Kier alpha value is -2.18. The van der Waals surface area contributed by atoms with Crippen LogP contribution in [0.3, 0.4) is 0 Å². The largest absolute Gasteiger partial charge is 0.339 e. The van der Waals surface area contributed by atoms with Crippen LogP contribution in [0.25, 0.3) is 11.0 Å². The molecular weight excluding hydrogens is 348 g/mol. The van der Waals surface area contributed by atoms with E-state index in [1.165, 1.54) is 11.9 Å². The molecule has 1 aliphatic heterocycles. The molecule has 26 heavy (non-hydrogen) atoms. The number of aromatic nitrogens is 4. The lowest BCUT2D eigenvalue weighted by Gasteiger charge is -2.33. The van der Waals surface area contributed by atoms with E-state index in [2.05, 4.69) is 49.9 Å². The summed E-state index contributed by atoms with van der Waals surface area (Å²) in [4.78, 5) is 15.8. The monoisotopic (exact) mass is 372 g/mol. The first-order valence-electron chi connectivity index (χ1n) is 9.04. The van der Waals surface area contributed by atoms with Crippen LogP contribution < -0.4 is 10.2 Å². The summed E-state index contributed by atoms with van der Waals surface area (Å²) < 4.78 is 2.29. The number of piperidine rings is 1. The molecule has 2 aromatic heterocycles. The van der Waals surface area contributed by atoms with Crippen molar-refractivity contribution < 1.29 is 0 Å². The van der Waals surface area contributed by atoms with Crippen molar-refractivity contribution in [2.24, 2.45) is 0 Å². The molecule has 0 spiro atoms. The van der Waals surface area contributed by atoms with E-state index in [0.717, 1.165) is 49.9 Å². The third kappa shape index (κ3) is 3.81. The van der Waals surface area contributed by atoms with Gasteiger partial charge in [-0.25, -0.2) is 15.0 Å². The molecule has 3 heterocycles. The van der Waals surface area contributed by atoms with Gasteiger partial charge in [-0.3, -0.25) is 0 Å². The maximum Gasteiger partial charge on any atom is 0.225 e. The molecule has 1 aliphatic rings. The average Bonchev–Trinajstić information content (AvgIpc) is 3.05. The van der Waals surface area contributed by atoms with Gasteiger partial charge in [0.2, 0.25) is 5.95 Å². The fourth-order valence-electron chi connectivity index (χ4n) is 3.63. The van der Waals surface area contributed by atoms with Gasteiger partial charge in [0, 0.05) is 38.1 Å². The van der Waals surface area contributed by atoms with E-state index in [-0.39, 0.29) is 12.4 Å². The number of hydrogen-bond donors (Lipinski definition) is 1. The van der Waals surface area contributed by atoms with Gasteiger partial charge in [-0.1, -0.05) is 12.1 Å². The minimum atomic E-state index is 0. The van der Waals surface area contributed by atoms with E-state index >= 15 is 0 Å². The second-order valence-corrected chi connectivity index (χ2v) is 6.48. The summed E-state index contributed by atoms with van der Waals surface area (Å²) >= 11 is 0. The van der Waals surface area contributed by atoms with Crippen LogP contribution in [0.4, 0.5) is 5.95 Å². The molecule has 1 unspecified atom stereocenters. The fraction of sp³-hybridized carbons (Fsp3) is 0.421. The lowest BCUT2D eigenvalue weighted by Crippen LogP contribution is -2.46. The van der Waals surface area contributed by atoms with Crippen molar-refractivity contribution in [3.8, 4) is 0 Å². The number of nitrogens with zero attached hydrogens (tertiary/aromatic N) is 5. The fourth-order valence-corrected chi connectivity index (χ4v) is 3.63. The standard InChI is InChI=1S/C19H24N6.ClH/c1-2-25-17-9-4-3-8-16(17)23-18(25)13-22-15-7-5-12-24(14-15)19-20-10-6-11-21-19;/h3-4,6,8-11,15,22H,2,5,7,12-14H2,1H3;1H. The maximum atomic E-state index is 4.81. The van der Waals surface area contributed by atoms with Gasteiger partial charge in [-0.2, -0.15) is 0 Å². The second kappa shape index (κ2) is 8.47. The topological polar surface area (TPSA) is 58.9 Å². The number of benzene rings is 1. The minimum Gasteiger partial charge on any atom is -0.339 e. The van der Waals surface area contributed by atoms with Crippen molar-refractivity contribution >= 4 is 29.4 Å². The Morgan fingerprint density at radius 2 is 1.96 bits per heavy atom. The third-order valence-electron chi connectivity index (χ3n) is 4.86.